The summed E-state index contributed by atoms with van der Waals surface area (Å²) in [6.07, 6.45) is 1.05. The third-order valence-corrected chi connectivity index (χ3v) is 4.88. The van der Waals surface area contributed by atoms with E-state index >= 15 is 0 Å². The molecule has 2 nitrogen and oxygen atoms in total. The average molecular weight is 335 g/mol. The van der Waals surface area contributed by atoms with Crippen molar-refractivity contribution in [2.45, 2.75) is 34.1 Å². The van der Waals surface area contributed by atoms with Gasteiger partial charge in [-0.1, -0.05) is 44.2 Å². The number of ether oxygens (including phenoxy) is 1. The maximum absolute atomic E-state index is 12.6. The Morgan fingerprint density at radius 2 is 1.62 bits per heavy atom. The van der Waals surface area contributed by atoms with Crippen molar-refractivity contribution in [3.05, 3.63) is 59.2 Å². The molecule has 0 fully saturated rings. The topological polar surface area (TPSA) is 26.3 Å². The normalized spacial score (nSPS) is 10.9. The molecule has 0 bridgehead atoms. The van der Waals surface area contributed by atoms with Gasteiger partial charge in [-0.2, -0.15) is 0 Å². The first kappa shape index (κ1) is 21.0. The van der Waals surface area contributed by atoms with Crippen LogP contribution in [-0.4, -0.2) is 12.1 Å². The Labute approximate surface area is 159 Å². The first-order valence-electron chi connectivity index (χ1n) is 8.08. The molecule has 0 N–H and O–H groups in total. The quantitative estimate of drug-likeness (QED) is 0.570. The van der Waals surface area contributed by atoms with Crippen LogP contribution in [0, 0.1) is 19.8 Å². The van der Waals surface area contributed by atoms with Crippen molar-refractivity contribution in [1.82, 2.24) is 0 Å². The molecule has 0 heterocycles. The van der Waals surface area contributed by atoms with E-state index in [1.807, 2.05) is 56.3 Å². The fourth-order valence-corrected chi connectivity index (χ4v) is 3.53. The Hall–Kier alpha value is -1.06. The van der Waals surface area contributed by atoms with Gasteiger partial charge < -0.3 is 4.74 Å². The van der Waals surface area contributed by atoms with Gasteiger partial charge in [0, 0.05) is 5.56 Å². The summed E-state index contributed by atoms with van der Waals surface area (Å²) in [5.41, 5.74) is 3.17. The van der Waals surface area contributed by atoms with Gasteiger partial charge in [0.25, 0.3) is 0 Å². The minimum atomic E-state index is 0. The van der Waals surface area contributed by atoms with Crippen molar-refractivity contribution in [3.8, 4) is 5.75 Å². The average Bonchev–Trinajstić information content (AvgIpc) is 2.48. The van der Waals surface area contributed by atoms with E-state index in [-0.39, 0.29) is 33.0 Å². The Morgan fingerprint density at radius 3 is 2.17 bits per heavy atom. The number of carbonyl (C=O) groups is 1. The summed E-state index contributed by atoms with van der Waals surface area (Å²) < 4.78 is 5.72. The Kier molecular flexibility index (Phi) is 8.78. The molecular formula is C20H25LiO2P+. The third kappa shape index (κ3) is 6.10. The molecule has 2 rings (SSSR count). The monoisotopic (exact) mass is 335 g/mol. The summed E-state index contributed by atoms with van der Waals surface area (Å²) in [5, 5.41) is 1.05. The molecule has 2 aromatic carbocycles. The Morgan fingerprint density at radius 1 is 1.04 bits per heavy atom. The molecule has 0 aliphatic carbocycles. The number of aryl methyl sites for hydroxylation is 2. The second-order valence-electron chi connectivity index (χ2n) is 6.28. The summed E-state index contributed by atoms with van der Waals surface area (Å²) in [6, 6.07) is 13.9. The van der Waals surface area contributed by atoms with E-state index in [4.69, 9.17) is 4.74 Å². The van der Waals surface area contributed by atoms with Crippen molar-refractivity contribution in [3.63, 3.8) is 0 Å². The van der Waals surface area contributed by atoms with Crippen LogP contribution in [0.1, 0.15) is 41.8 Å². The van der Waals surface area contributed by atoms with Gasteiger partial charge in [-0.3, -0.25) is 4.79 Å². The molecule has 24 heavy (non-hydrogen) atoms. The van der Waals surface area contributed by atoms with Crippen LogP contribution < -0.4 is 28.9 Å². The van der Waals surface area contributed by atoms with Crippen LogP contribution in [0.15, 0.2) is 42.5 Å². The molecule has 0 aromatic heterocycles. The van der Waals surface area contributed by atoms with Crippen LogP contribution in [-0.2, 0) is 0 Å². The zero-order chi connectivity index (χ0) is 16.8. The van der Waals surface area contributed by atoms with Gasteiger partial charge in [0.05, 0.1) is 6.61 Å². The summed E-state index contributed by atoms with van der Waals surface area (Å²) in [5.74, 6) is 1.52. The number of hydrogen-bond acceptors (Lipinski definition) is 2. The van der Waals surface area contributed by atoms with E-state index < -0.39 is 0 Å². The van der Waals surface area contributed by atoms with Gasteiger partial charge in [0.1, 0.15) is 5.75 Å². The molecule has 122 valence electrons. The van der Waals surface area contributed by atoms with Gasteiger partial charge in [0.15, 0.2) is 5.52 Å². The van der Waals surface area contributed by atoms with Crippen LogP contribution in [0.25, 0.3) is 0 Å². The standard InChI is InChI=1S/C20H25O2P.Li/c1-14(2)12-13-22-17-8-10-18(11-9-17)23-20(21)19-15(3)6-5-7-16(19)4;/h5-11,14,23H,12-13H2,1-4H3;/q;+1. The maximum atomic E-state index is 12.6. The van der Waals surface area contributed by atoms with Crippen LogP contribution in [0.4, 0.5) is 0 Å². The van der Waals surface area contributed by atoms with Crippen molar-refractivity contribution in [2.24, 2.45) is 5.92 Å². The molecule has 0 saturated heterocycles. The second-order valence-corrected chi connectivity index (χ2v) is 7.56. The maximum Gasteiger partial charge on any atom is 1.00 e. The fourth-order valence-electron chi connectivity index (χ4n) is 2.41. The van der Waals surface area contributed by atoms with Crippen LogP contribution in [0.5, 0.6) is 5.75 Å². The summed E-state index contributed by atoms with van der Waals surface area (Å²) in [7, 11) is 0.149. The van der Waals surface area contributed by atoms with Gasteiger partial charge >= 0.3 is 18.9 Å². The summed E-state index contributed by atoms with van der Waals surface area (Å²) in [4.78, 5) is 12.6. The summed E-state index contributed by atoms with van der Waals surface area (Å²) in [6.45, 7) is 9.10. The van der Waals surface area contributed by atoms with Crippen LogP contribution in [0.2, 0.25) is 0 Å². The Bertz CT molecular complexity index is 646. The van der Waals surface area contributed by atoms with Crippen molar-refractivity contribution in [1.29, 1.82) is 0 Å². The smallest absolute Gasteiger partial charge is 0.494 e. The molecule has 0 saturated carbocycles. The molecule has 0 spiro atoms. The largest absolute Gasteiger partial charge is 1.00 e. The Balaban J connectivity index is 0.00000288. The van der Waals surface area contributed by atoms with Gasteiger partial charge in [-0.25, -0.2) is 0 Å². The number of carbonyl (C=O) groups excluding carboxylic acids is 1. The molecule has 1 atom stereocenters. The predicted octanol–water partition coefficient (Wildman–Crippen LogP) is 1.88. The van der Waals surface area contributed by atoms with E-state index in [9.17, 15) is 4.79 Å². The zero-order valence-corrected chi connectivity index (χ0v) is 16.3. The second kappa shape index (κ2) is 10.0. The van der Waals surface area contributed by atoms with Crippen molar-refractivity contribution in [2.75, 3.05) is 6.61 Å². The SMILES string of the molecule is Cc1cccc(C)c1C(=O)Pc1ccc(OCCC(C)C)cc1.[Li+]. The van der Waals surface area contributed by atoms with E-state index in [1.165, 1.54) is 0 Å². The van der Waals surface area contributed by atoms with Gasteiger partial charge in [-0.05, 0) is 63.3 Å². The van der Waals surface area contributed by atoms with E-state index in [2.05, 4.69) is 13.8 Å². The zero-order valence-electron chi connectivity index (χ0n) is 15.3. The van der Waals surface area contributed by atoms with E-state index in [0.29, 0.717) is 5.92 Å². The first-order chi connectivity index (χ1) is 11.0. The number of benzene rings is 2. The van der Waals surface area contributed by atoms with Crippen LogP contribution in [0.3, 0.4) is 0 Å². The predicted molar refractivity (Wildman–Crippen MR) is 99.6 cm³/mol. The fraction of sp³-hybridized carbons (Fsp3) is 0.350. The molecule has 4 heteroatoms. The van der Waals surface area contributed by atoms with Gasteiger partial charge in [0.2, 0.25) is 0 Å². The molecule has 0 aliphatic heterocycles. The molecule has 0 amide bonds. The van der Waals surface area contributed by atoms with E-state index in [0.717, 1.165) is 40.8 Å². The summed E-state index contributed by atoms with van der Waals surface area (Å²) >= 11 is 0. The van der Waals surface area contributed by atoms with Gasteiger partial charge in [-0.15, -0.1) is 0 Å². The number of hydrogen-bond donors (Lipinski definition) is 0. The molecular weight excluding hydrogens is 310 g/mol. The van der Waals surface area contributed by atoms with Crippen molar-refractivity contribution < 1.29 is 28.4 Å². The van der Waals surface area contributed by atoms with E-state index in [1.54, 1.807) is 0 Å². The first-order valence-corrected chi connectivity index (χ1v) is 9.08. The molecule has 0 radical (unpaired) electrons. The molecule has 2 aromatic rings. The number of rotatable bonds is 7. The molecule has 0 aliphatic rings. The third-order valence-electron chi connectivity index (χ3n) is 3.78. The molecule has 1 unspecified atom stereocenters. The van der Waals surface area contributed by atoms with Crippen LogP contribution >= 0.6 is 8.58 Å². The minimum absolute atomic E-state index is 0. The minimum Gasteiger partial charge on any atom is -0.494 e. The van der Waals surface area contributed by atoms with Crippen molar-refractivity contribution >= 4 is 19.4 Å².